The first kappa shape index (κ1) is 30.4. The van der Waals surface area contributed by atoms with Gasteiger partial charge in [0.25, 0.3) is 5.91 Å². The first-order chi connectivity index (χ1) is 19.5. The number of esters is 1. The zero-order valence-electron chi connectivity index (χ0n) is 23.5. The van der Waals surface area contributed by atoms with Crippen molar-refractivity contribution >= 4 is 46.1 Å². The Kier molecular flexibility index (Phi) is 9.96. The first-order valence-electron chi connectivity index (χ1n) is 13.3. The van der Waals surface area contributed by atoms with Crippen molar-refractivity contribution in [3.05, 3.63) is 87.4 Å². The summed E-state index contributed by atoms with van der Waals surface area (Å²) in [6.07, 6.45) is 4.80. The summed E-state index contributed by atoms with van der Waals surface area (Å²) in [7, 11) is 1.29. The highest BCUT2D eigenvalue weighted by atomic mass is 35.5. The average molecular weight is 599 g/mol. The Bertz CT molecular complexity index is 1510. The van der Waals surface area contributed by atoms with Crippen molar-refractivity contribution in [1.29, 1.82) is 0 Å². The summed E-state index contributed by atoms with van der Waals surface area (Å²) in [6, 6.07) is 12.1. The quantitative estimate of drug-likeness (QED) is 0.208. The van der Waals surface area contributed by atoms with Crippen LogP contribution in [0.15, 0.2) is 54.9 Å². The number of aromatic nitrogens is 4. The van der Waals surface area contributed by atoms with Crippen LogP contribution in [0.2, 0.25) is 10.0 Å². The van der Waals surface area contributed by atoms with Crippen LogP contribution in [0, 0.1) is 0 Å². The van der Waals surface area contributed by atoms with Gasteiger partial charge in [0.05, 0.1) is 37.3 Å². The summed E-state index contributed by atoms with van der Waals surface area (Å²) in [5.74, 6) is -0.896. The number of carbonyl (C=O) groups is 2. The molecule has 1 amide bonds. The van der Waals surface area contributed by atoms with Gasteiger partial charge in [-0.2, -0.15) is 5.10 Å². The molecule has 1 unspecified atom stereocenters. The van der Waals surface area contributed by atoms with E-state index in [2.05, 4.69) is 20.4 Å². The lowest BCUT2D eigenvalue weighted by Crippen LogP contribution is -2.31. The van der Waals surface area contributed by atoms with Gasteiger partial charge in [-0.3, -0.25) is 14.3 Å². The van der Waals surface area contributed by atoms with Crippen molar-refractivity contribution in [3.63, 3.8) is 0 Å². The van der Waals surface area contributed by atoms with Crippen LogP contribution in [0.5, 0.6) is 0 Å². The summed E-state index contributed by atoms with van der Waals surface area (Å²) in [6.45, 7) is 6.51. The van der Waals surface area contributed by atoms with E-state index in [0.717, 1.165) is 23.9 Å². The third-order valence-electron chi connectivity index (χ3n) is 6.26. The third-order valence-corrected chi connectivity index (χ3v) is 6.69. The van der Waals surface area contributed by atoms with Gasteiger partial charge in [-0.15, -0.1) is 0 Å². The van der Waals surface area contributed by atoms with Crippen LogP contribution in [0.4, 0.5) is 0 Å². The maximum atomic E-state index is 13.6. The maximum Gasteiger partial charge on any atom is 0.307 e. The summed E-state index contributed by atoms with van der Waals surface area (Å²) >= 11 is 12.4. The number of hydrogen-bond acceptors (Lipinski definition) is 7. The minimum atomic E-state index is -0.724. The Balaban J connectivity index is 1.53. The molecule has 4 aromatic rings. The van der Waals surface area contributed by atoms with Gasteiger partial charge < -0.3 is 14.8 Å². The van der Waals surface area contributed by atoms with E-state index in [4.69, 9.17) is 32.7 Å². The van der Waals surface area contributed by atoms with E-state index in [9.17, 15) is 9.59 Å². The second-order valence-electron chi connectivity index (χ2n) is 10.6. The van der Waals surface area contributed by atoms with E-state index in [1.165, 1.54) is 7.11 Å². The van der Waals surface area contributed by atoms with Crippen molar-refractivity contribution in [3.8, 4) is 0 Å². The van der Waals surface area contributed by atoms with Gasteiger partial charge in [0, 0.05) is 40.1 Å². The summed E-state index contributed by atoms with van der Waals surface area (Å²) < 4.78 is 12.5. The zero-order valence-corrected chi connectivity index (χ0v) is 25.0. The van der Waals surface area contributed by atoms with Crippen LogP contribution in [0.3, 0.4) is 0 Å². The molecule has 9 nitrogen and oxygen atoms in total. The van der Waals surface area contributed by atoms with E-state index < -0.39 is 23.5 Å². The fourth-order valence-corrected chi connectivity index (χ4v) is 4.77. The molecule has 3 aromatic heterocycles. The number of rotatable bonds is 11. The van der Waals surface area contributed by atoms with Gasteiger partial charge >= 0.3 is 5.97 Å². The Morgan fingerprint density at radius 1 is 1.10 bits per heavy atom. The Hall–Kier alpha value is -3.53. The van der Waals surface area contributed by atoms with E-state index in [-0.39, 0.29) is 13.0 Å². The Labute approximate surface area is 249 Å². The number of benzene rings is 1. The largest absolute Gasteiger partial charge is 0.469 e. The minimum Gasteiger partial charge on any atom is -0.469 e. The number of fused-ring (bicyclic) bond motifs is 1. The van der Waals surface area contributed by atoms with Gasteiger partial charge in [-0.1, -0.05) is 23.2 Å². The molecule has 11 heteroatoms. The topological polar surface area (TPSA) is 108 Å². The van der Waals surface area contributed by atoms with Crippen molar-refractivity contribution in [2.75, 3.05) is 7.11 Å². The molecule has 3 heterocycles. The van der Waals surface area contributed by atoms with Crippen molar-refractivity contribution in [2.45, 2.75) is 64.8 Å². The smallest absolute Gasteiger partial charge is 0.307 e. The predicted octanol–water partition coefficient (Wildman–Crippen LogP) is 6.12. The van der Waals surface area contributed by atoms with Crippen LogP contribution < -0.4 is 5.32 Å². The lowest BCUT2D eigenvalue weighted by molar-refractivity contribution is -0.141. The highest BCUT2D eigenvalue weighted by Crippen LogP contribution is 2.26. The molecule has 0 radical (unpaired) electrons. The lowest BCUT2D eigenvalue weighted by atomic mass is 10.0. The van der Waals surface area contributed by atoms with Gasteiger partial charge in [0.15, 0.2) is 5.65 Å². The molecule has 0 aliphatic rings. The van der Waals surface area contributed by atoms with Crippen LogP contribution in [0.1, 0.15) is 67.0 Å². The Morgan fingerprint density at radius 2 is 1.85 bits per heavy atom. The number of hydrogen-bond donors (Lipinski definition) is 1. The molecule has 4 rings (SSSR count). The summed E-state index contributed by atoms with van der Waals surface area (Å²) in [5, 5.41) is 9.37. The molecular weight excluding hydrogens is 565 g/mol. The molecule has 0 bridgehead atoms. The number of aryl methyl sites for hydroxylation is 2. The molecule has 0 aliphatic heterocycles. The molecule has 1 N–H and O–H groups in total. The van der Waals surface area contributed by atoms with E-state index >= 15 is 0 Å². The number of amides is 1. The van der Waals surface area contributed by atoms with Crippen molar-refractivity contribution in [1.82, 2.24) is 25.1 Å². The predicted molar refractivity (Wildman–Crippen MR) is 158 cm³/mol. The lowest BCUT2D eigenvalue weighted by Gasteiger charge is -2.20. The van der Waals surface area contributed by atoms with Gasteiger partial charge in [0.1, 0.15) is 5.69 Å². The maximum absolute atomic E-state index is 13.6. The second-order valence-corrected chi connectivity index (χ2v) is 11.5. The number of pyridine rings is 2. The molecule has 0 aliphatic carbocycles. The van der Waals surface area contributed by atoms with E-state index in [0.29, 0.717) is 39.1 Å². The van der Waals surface area contributed by atoms with Crippen LogP contribution in [-0.4, -0.2) is 44.3 Å². The average Bonchev–Trinajstić information content (AvgIpc) is 3.33. The number of methoxy groups -OCH3 is 1. The molecule has 0 fully saturated rings. The molecular formula is C30H33Cl2N5O4. The molecule has 0 saturated carbocycles. The fourth-order valence-electron chi connectivity index (χ4n) is 4.23. The SMILES string of the molecule is COC(=O)CC(NC(=O)c1cn(CCCc2ccc3cccnc3n2)nc1COC(C)(C)C)c1cc(Cl)cc(Cl)c1. The minimum absolute atomic E-state index is 0.103. The Morgan fingerprint density at radius 3 is 2.56 bits per heavy atom. The number of nitrogens with zero attached hydrogens (tertiary/aromatic N) is 4. The summed E-state index contributed by atoms with van der Waals surface area (Å²) in [5.41, 5.74) is 2.64. The number of carbonyl (C=O) groups excluding carboxylic acids is 2. The first-order valence-corrected chi connectivity index (χ1v) is 14.0. The molecule has 216 valence electrons. The van der Waals surface area contributed by atoms with Crippen LogP contribution in [0.25, 0.3) is 11.0 Å². The van der Waals surface area contributed by atoms with Gasteiger partial charge in [-0.05, 0) is 81.6 Å². The number of nitrogens with one attached hydrogen (secondary N) is 1. The normalized spacial score (nSPS) is 12.3. The van der Waals surface area contributed by atoms with E-state index in [1.807, 2.05) is 45.0 Å². The zero-order chi connectivity index (χ0) is 29.6. The molecule has 1 aromatic carbocycles. The highest BCUT2D eigenvalue weighted by Gasteiger charge is 2.25. The third kappa shape index (κ3) is 8.73. The molecule has 0 spiro atoms. The standard InChI is InChI=1S/C30H33Cl2N5O4/c1-30(2,3)41-18-26-24(29(39)35-25(16-27(38)40-4)20-13-21(31)15-22(32)14-20)17-37(36-26)12-6-8-23-10-9-19-7-5-11-33-28(19)34-23/h5,7,9-11,13-15,17,25H,6,8,12,16,18H2,1-4H3,(H,35,39). The van der Waals surface area contributed by atoms with Crippen molar-refractivity contribution < 1.29 is 19.1 Å². The fraction of sp³-hybridized carbons (Fsp3) is 0.367. The molecule has 0 saturated heterocycles. The van der Waals surface area contributed by atoms with Gasteiger partial charge in [-0.25, -0.2) is 9.97 Å². The molecule has 1 atom stereocenters. The van der Waals surface area contributed by atoms with Crippen LogP contribution >= 0.6 is 23.2 Å². The highest BCUT2D eigenvalue weighted by molar-refractivity contribution is 6.34. The molecule has 41 heavy (non-hydrogen) atoms. The monoisotopic (exact) mass is 597 g/mol. The van der Waals surface area contributed by atoms with Gasteiger partial charge in [0.2, 0.25) is 0 Å². The van der Waals surface area contributed by atoms with Crippen molar-refractivity contribution in [2.24, 2.45) is 0 Å². The number of halogens is 2. The number of ether oxygens (including phenoxy) is 2. The second kappa shape index (κ2) is 13.4. The van der Waals surface area contributed by atoms with Crippen LogP contribution in [-0.2, 0) is 33.8 Å². The summed E-state index contributed by atoms with van der Waals surface area (Å²) in [4.78, 5) is 34.7. The van der Waals surface area contributed by atoms with E-state index in [1.54, 1.807) is 35.3 Å².